The number of aliphatic imine (C=N–C) groups is 1. The molecule has 0 aromatic rings. The molecule has 1 rings (SSSR count). The van der Waals surface area contributed by atoms with Crippen molar-refractivity contribution < 1.29 is 19.1 Å². The highest BCUT2D eigenvalue weighted by atomic mass is 16.6. The molecule has 0 saturated carbocycles. The molecule has 1 aliphatic rings. The zero-order chi connectivity index (χ0) is 21.9. The maximum atomic E-state index is 12.4. The van der Waals surface area contributed by atoms with E-state index in [4.69, 9.17) is 4.74 Å². The Labute approximate surface area is 176 Å². The average Bonchev–Trinajstić information content (AvgIpc) is 2.67. The van der Waals surface area contributed by atoms with Gasteiger partial charge in [-0.15, -0.1) is 0 Å². The van der Waals surface area contributed by atoms with Crippen LogP contribution in [0.4, 0.5) is 4.79 Å². The minimum Gasteiger partial charge on any atom is -0.469 e. The smallest absolute Gasteiger partial charge is 0.410 e. The number of hydrogen-bond donors (Lipinski definition) is 1. The molecule has 0 unspecified atom stereocenters. The summed E-state index contributed by atoms with van der Waals surface area (Å²) < 4.78 is 10.2. The van der Waals surface area contributed by atoms with E-state index >= 15 is 0 Å². The Bertz CT molecular complexity index is 537. The van der Waals surface area contributed by atoms with E-state index in [0.29, 0.717) is 18.9 Å². The number of hydrogen-bond acceptors (Lipinski definition) is 5. The lowest BCUT2D eigenvalue weighted by Crippen LogP contribution is -2.48. The Kier molecular flexibility index (Phi) is 10.8. The van der Waals surface area contributed by atoms with Gasteiger partial charge >= 0.3 is 12.1 Å². The largest absolute Gasteiger partial charge is 0.469 e. The van der Waals surface area contributed by atoms with E-state index in [1.54, 1.807) is 11.9 Å². The van der Waals surface area contributed by atoms with E-state index in [2.05, 4.69) is 19.9 Å². The molecule has 1 heterocycles. The van der Waals surface area contributed by atoms with Gasteiger partial charge in [-0.05, 0) is 59.3 Å². The van der Waals surface area contributed by atoms with E-state index in [1.165, 1.54) is 7.11 Å². The summed E-state index contributed by atoms with van der Waals surface area (Å²) >= 11 is 0. The van der Waals surface area contributed by atoms with Gasteiger partial charge in [0.2, 0.25) is 0 Å². The first-order valence-corrected chi connectivity index (χ1v) is 10.7. The third-order valence-electron chi connectivity index (χ3n) is 4.96. The van der Waals surface area contributed by atoms with Gasteiger partial charge in [-0.25, -0.2) is 4.79 Å². The average molecular weight is 413 g/mol. The van der Waals surface area contributed by atoms with Crippen LogP contribution in [0.3, 0.4) is 0 Å². The summed E-state index contributed by atoms with van der Waals surface area (Å²) in [6.07, 6.45) is 3.95. The van der Waals surface area contributed by atoms with Crippen LogP contribution < -0.4 is 5.32 Å². The van der Waals surface area contributed by atoms with Gasteiger partial charge in [0.1, 0.15) is 5.60 Å². The molecule has 0 aliphatic carbocycles. The van der Waals surface area contributed by atoms with Gasteiger partial charge < -0.3 is 24.6 Å². The number of nitrogens with one attached hydrogen (secondary N) is 1. The normalized spacial score (nSPS) is 15.8. The van der Waals surface area contributed by atoms with E-state index in [0.717, 1.165) is 57.8 Å². The maximum absolute atomic E-state index is 12.4. The monoisotopic (exact) mass is 412 g/mol. The molecule has 0 aromatic carbocycles. The molecular formula is C21H40N4O4. The van der Waals surface area contributed by atoms with Crippen molar-refractivity contribution >= 4 is 18.0 Å². The zero-order valence-corrected chi connectivity index (χ0v) is 19.1. The number of unbranched alkanes of at least 4 members (excludes halogenated alkanes) is 1. The second kappa shape index (κ2) is 12.5. The predicted molar refractivity (Wildman–Crippen MR) is 115 cm³/mol. The Morgan fingerprint density at radius 1 is 1.21 bits per heavy atom. The Morgan fingerprint density at radius 3 is 2.38 bits per heavy atom. The number of rotatable bonds is 8. The number of methoxy groups -OCH3 is 1. The molecule has 0 aromatic heterocycles. The molecule has 8 heteroatoms. The third kappa shape index (κ3) is 9.85. The molecule has 1 N–H and O–H groups in total. The summed E-state index contributed by atoms with van der Waals surface area (Å²) in [5, 5.41) is 3.38. The topological polar surface area (TPSA) is 83.5 Å². The number of likely N-dealkylation sites (tertiary alicyclic amines) is 1. The minimum absolute atomic E-state index is 0.163. The summed E-state index contributed by atoms with van der Waals surface area (Å²) in [6, 6.07) is 0. The van der Waals surface area contributed by atoms with E-state index in [9.17, 15) is 9.59 Å². The summed E-state index contributed by atoms with van der Waals surface area (Å²) in [7, 11) is 3.21. The standard InChI is InChI=1S/C21H40N4O4/c1-7-24(20(27)29-21(2,3)4)16-17-11-14-25(15-12-17)19(22-5)23-13-9-8-10-18(26)28-6/h17H,7-16H2,1-6H3,(H,22,23). The van der Waals surface area contributed by atoms with Gasteiger partial charge in [0.25, 0.3) is 0 Å². The number of carbonyl (C=O) groups excluding carboxylic acids is 2. The van der Waals surface area contributed by atoms with Crippen LogP contribution in [0.2, 0.25) is 0 Å². The van der Waals surface area contributed by atoms with Crippen LogP contribution in [0.25, 0.3) is 0 Å². The maximum Gasteiger partial charge on any atom is 0.410 e. The number of piperidine rings is 1. The Balaban J connectivity index is 2.37. The highest BCUT2D eigenvalue weighted by Crippen LogP contribution is 2.20. The van der Waals surface area contributed by atoms with Crippen molar-refractivity contribution in [1.29, 1.82) is 0 Å². The van der Waals surface area contributed by atoms with Crippen molar-refractivity contribution in [2.45, 2.75) is 65.4 Å². The first-order chi connectivity index (χ1) is 13.7. The summed E-state index contributed by atoms with van der Waals surface area (Å²) in [5.41, 5.74) is -0.469. The van der Waals surface area contributed by atoms with Gasteiger partial charge in [0.05, 0.1) is 7.11 Å². The molecule has 1 amide bonds. The molecule has 0 radical (unpaired) electrons. The van der Waals surface area contributed by atoms with Gasteiger partial charge in [-0.2, -0.15) is 0 Å². The molecule has 29 heavy (non-hydrogen) atoms. The molecule has 8 nitrogen and oxygen atoms in total. The molecule has 1 fully saturated rings. The van der Waals surface area contributed by atoms with Gasteiger partial charge in [0, 0.05) is 46.2 Å². The van der Waals surface area contributed by atoms with Gasteiger partial charge in [0.15, 0.2) is 5.96 Å². The quantitative estimate of drug-likeness (QED) is 0.286. The lowest BCUT2D eigenvalue weighted by Gasteiger charge is -2.36. The molecular weight excluding hydrogens is 372 g/mol. The summed E-state index contributed by atoms with van der Waals surface area (Å²) in [6.45, 7) is 11.7. The first kappa shape index (κ1) is 25.0. The SMILES string of the molecule is CCN(CC1CCN(C(=NC)NCCCCC(=O)OC)CC1)C(=O)OC(C)(C)C. The first-order valence-electron chi connectivity index (χ1n) is 10.7. The van der Waals surface area contributed by atoms with Crippen LogP contribution in [0.5, 0.6) is 0 Å². The number of ether oxygens (including phenoxy) is 2. The van der Waals surface area contributed by atoms with Crippen LogP contribution in [0, 0.1) is 5.92 Å². The second-order valence-electron chi connectivity index (χ2n) is 8.46. The fraction of sp³-hybridized carbons (Fsp3) is 0.857. The number of esters is 1. The summed E-state index contributed by atoms with van der Waals surface area (Å²) in [4.78, 5) is 32.0. The number of amides is 1. The molecule has 0 bridgehead atoms. The lowest BCUT2D eigenvalue weighted by molar-refractivity contribution is -0.140. The molecule has 168 valence electrons. The van der Waals surface area contributed by atoms with Crippen molar-refractivity contribution in [3.8, 4) is 0 Å². The highest BCUT2D eigenvalue weighted by Gasteiger charge is 2.27. The Hall–Kier alpha value is -1.99. The predicted octanol–water partition coefficient (Wildman–Crippen LogP) is 2.87. The van der Waals surface area contributed by atoms with E-state index < -0.39 is 5.60 Å². The van der Waals surface area contributed by atoms with Crippen molar-refractivity contribution in [3.63, 3.8) is 0 Å². The number of carbonyl (C=O) groups is 2. The van der Waals surface area contributed by atoms with Crippen LogP contribution in [-0.2, 0) is 14.3 Å². The minimum atomic E-state index is -0.469. The number of guanidine groups is 1. The van der Waals surface area contributed by atoms with E-state index in [1.807, 2.05) is 27.7 Å². The third-order valence-corrected chi connectivity index (χ3v) is 4.96. The summed E-state index contributed by atoms with van der Waals surface area (Å²) in [5.74, 6) is 1.21. The van der Waals surface area contributed by atoms with Crippen LogP contribution in [0.15, 0.2) is 4.99 Å². The van der Waals surface area contributed by atoms with E-state index in [-0.39, 0.29) is 12.1 Å². The molecule has 0 spiro atoms. The fourth-order valence-corrected chi connectivity index (χ4v) is 3.33. The van der Waals surface area contributed by atoms with Crippen molar-refractivity contribution in [2.75, 3.05) is 46.9 Å². The highest BCUT2D eigenvalue weighted by molar-refractivity contribution is 5.80. The van der Waals surface area contributed by atoms with Crippen LogP contribution >= 0.6 is 0 Å². The second-order valence-corrected chi connectivity index (χ2v) is 8.46. The number of nitrogens with zero attached hydrogens (tertiary/aromatic N) is 3. The van der Waals surface area contributed by atoms with Crippen molar-refractivity contribution in [1.82, 2.24) is 15.1 Å². The van der Waals surface area contributed by atoms with Crippen LogP contribution in [-0.4, -0.2) is 80.3 Å². The lowest BCUT2D eigenvalue weighted by atomic mass is 9.96. The van der Waals surface area contributed by atoms with Gasteiger partial charge in [-0.1, -0.05) is 0 Å². The van der Waals surface area contributed by atoms with Gasteiger partial charge in [-0.3, -0.25) is 9.79 Å². The van der Waals surface area contributed by atoms with Crippen molar-refractivity contribution in [3.05, 3.63) is 0 Å². The molecule has 1 saturated heterocycles. The fourth-order valence-electron chi connectivity index (χ4n) is 3.33. The zero-order valence-electron chi connectivity index (χ0n) is 19.1. The van der Waals surface area contributed by atoms with Crippen molar-refractivity contribution in [2.24, 2.45) is 10.9 Å². The Morgan fingerprint density at radius 2 is 1.86 bits per heavy atom. The molecule has 1 aliphatic heterocycles. The molecule has 0 atom stereocenters. The van der Waals surface area contributed by atoms with Crippen LogP contribution in [0.1, 0.15) is 59.8 Å².